The molecule has 0 N–H and O–H groups in total. The molecule has 0 saturated carbocycles. The second kappa shape index (κ2) is 4.50. The molecule has 0 amide bonds. The van der Waals surface area contributed by atoms with Crippen LogP contribution in [-0.2, 0) is 6.54 Å². The van der Waals surface area contributed by atoms with Crippen molar-refractivity contribution in [3.63, 3.8) is 0 Å². The van der Waals surface area contributed by atoms with Crippen molar-refractivity contribution in [3.8, 4) is 0 Å². The van der Waals surface area contributed by atoms with Crippen LogP contribution in [0.3, 0.4) is 0 Å². The minimum atomic E-state index is 0.711. The zero-order valence-electron chi connectivity index (χ0n) is 8.54. The third kappa shape index (κ3) is 2.49. The summed E-state index contributed by atoms with van der Waals surface area (Å²) in [5, 5.41) is 11.0. The lowest BCUT2D eigenvalue weighted by atomic mass is 10.1. The number of tetrazole rings is 1. The monoisotopic (exact) mass is 200 g/mol. The molecule has 0 aliphatic rings. The number of hydrogen-bond acceptors (Lipinski definition) is 3. The Balaban J connectivity index is 2.10. The fraction of sp³-hybridized carbons (Fsp3) is 0.182. The molecule has 15 heavy (non-hydrogen) atoms. The highest BCUT2D eigenvalue weighted by molar-refractivity contribution is 5.49. The Bertz CT molecular complexity index is 428. The quantitative estimate of drug-likeness (QED) is 0.758. The van der Waals surface area contributed by atoms with Gasteiger partial charge < -0.3 is 0 Å². The van der Waals surface area contributed by atoms with E-state index in [0.29, 0.717) is 6.54 Å². The van der Waals surface area contributed by atoms with Crippen molar-refractivity contribution in [1.82, 2.24) is 20.2 Å². The minimum Gasteiger partial charge on any atom is -0.228 e. The highest BCUT2D eigenvalue weighted by Crippen LogP contribution is 2.06. The maximum absolute atomic E-state index is 3.81. The summed E-state index contributed by atoms with van der Waals surface area (Å²) in [6, 6.07) is 8.33. The molecule has 1 aromatic carbocycles. The van der Waals surface area contributed by atoms with Gasteiger partial charge in [-0.25, -0.2) is 4.68 Å². The van der Waals surface area contributed by atoms with Gasteiger partial charge in [0.1, 0.15) is 6.33 Å². The predicted molar refractivity (Wildman–Crippen MR) is 58.1 cm³/mol. The number of benzene rings is 1. The van der Waals surface area contributed by atoms with E-state index in [0.717, 1.165) is 0 Å². The number of rotatable bonds is 3. The zero-order chi connectivity index (χ0) is 10.5. The summed E-state index contributed by atoms with van der Waals surface area (Å²) in [6.45, 7) is 2.72. The molecule has 76 valence electrons. The van der Waals surface area contributed by atoms with Crippen molar-refractivity contribution in [2.75, 3.05) is 0 Å². The lowest BCUT2D eigenvalue weighted by molar-refractivity contribution is 0.648. The molecule has 0 spiro atoms. The largest absolute Gasteiger partial charge is 0.228 e. The molecule has 0 aliphatic heterocycles. The third-order valence-corrected chi connectivity index (χ3v) is 2.07. The predicted octanol–water partition coefficient (Wildman–Crippen LogP) is 1.75. The lowest BCUT2D eigenvalue weighted by Gasteiger charge is -2.00. The molecule has 0 unspecified atom stereocenters. The van der Waals surface area contributed by atoms with E-state index in [1.54, 1.807) is 11.0 Å². The zero-order valence-corrected chi connectivity index (χ0v) is 8.54. The van der Waals surface area contributed by atoms with Gasteiger partial charge in [-0.2, -0.15) is 0 Å². The molecule has 4 heteroatoms. The minimum absolute atomic E-state index is 0.711. The summed E-state index contributed by atoms with van der Waals surface area (Å²) in [4.78, 5) is 0. The number of aromatic nitrogens is 4. The molecular formula is C11H12N4. The molecule has 0 radical (unpaired) electrons. The molecule has 4 nitrogen and oxygen atoms in total. The van der Waals surface area contributed by atoms with Crippen LogP contribution >= 0.6 is 0 Å². The van der Waals surface area contributed by atoms with Crippen LogP contribution in [0.25, 0.3) is 6.08 Å². The van der Waals surface area contributed by atoms with E-state index in [2.05, 4.69) is 45.9 Å². The van der Waals surface area contributed by atoms with Gasteiger partial charge in [0.15, 0.2) is 0 Å². The van der Waals surface area contributed by atoms with E-state index in [-0.39, 0.29) is 0 Å². The maximum atomic E-state index is 3.81. The van der Waals surface area contributed by atoms with Gasteiger partial charge in [-0.05, 0) is 28.5 Å². The highest BCUT2D eigenvalue weighted by atomic mass is 15.5. The summed E-state index contributed by atoms with van der Waals surface area (Å²) >= 11 is 0. The smallest absolute Gasteiger partial charge is 0.138 e. The molecular weight excluding hydrogens is 188 g/mol. The second-order valence-electron chi connectivity index (χ2n) is 3.25. The van der Waals surface area contributed by atoms with Gasteiger partial charge in [-0.15, -0.1) is 5.10 Å². The first kappa shape index (κ1) is 9.58. The molecule has 0 aliphatic carbocycles. The van der Waals surface area contributed by atoms with E-state index >= 15 is 0 Å². The Kier molecular flexibility index (Phi) is 2.88. The van der Waals surface area contributed by atoms with E-state index in [4.69, 9.17) is 0 Å². The van der Waals surface area contributed by atoms with Crippen molar-refractivity contribution in [2.45, 2.75) is 13.5 Å². The van der Waals surface area contributed by atoms with Crippen molar-refractivity contribution < 1.29 is 0 Å². The summed E-state index contributed by atoms with van der Waals surface area (Å²) in [5.74, 6) is 0. The van der Waals surface area contributed by atoms with Crippen molar-refractivity contribution in [2.24, 2.45) is 0 Å². The first-order valence-corrected chi connectivity index (χ1v) is 4.81. The Morgan fingerprint density at radius 2 is 2.07 bits per heavy atom. The van der Waals surface area contributed by atoms with Crippen LogP contribution in [0.1, 0.15) is 18.1 Å². The lowest BCUT2D eigenvalue weighted by Crippen LogP contribution is -2.00. The first-order chi connectivity index (χ1) is 7.38. The van der Waals surface area contributed by atoms with Gasteiger partial charge >= 0.3 is 0 Å². The molecule has 1 aromatic heterocycles. The summed E-state index contributed by atoms with van der Waals surface area (Å²) < 4.78 is 1.70. The van der Waals surface area contributed by atoms with E-state index < -0.39 is 0 Å². The van der Waals surface area contributed by atoms with Crippen molar-refractivity contribution in [3.05, 3.63) is 47.8 Å². The van der Waals surface area contributed by atoms with Crippen LogP contribution in [0, 0.1) is 0 Å². The molecule has 2 aromatic rings. The number of allylic oxidation sites excluding steroid dienone is 1. The standard InChI is InChI=1S/C11H12N4/c1-2-3-10-4-6-11(7-5-10)8-15-9-12-13-14-15/h2-7,9H,8H2,1H3/b3-2+. The second-order valence-corrected chi connectivity index (χ2v) is 3.25. The average Bonchev–Trinajstić information content (AvgIpc) is 2.74. The molecule has 0 atom stereocenters. The first-order valence-electron chi connectivity index (χ1n) is 4.81. The van der Waals surface area contributed by atoms with Gasteiger partial charge in [0.25, 0.3) is 0 Å². The van der Waals surface area contributed by atoms with Crippen LogP contribution in [0.2, 0.25) is 0 Å². The van der Waals surface area contributed by atoms with Crippen LogP contribution < -0.4 is 0 Å². The Labute approximate surface area is 88.2 Å². The van der Waals surface area contributed by atoms with Crippen molar-refractivity contribution in [1.29, 1.82) is 0 Å². The Hall–Kier alpha value is -1.97. The normalized spacial score (nSPS) is 11.0. The molecule has 1 heterocycles. The van der Waals surface area contributed by atoms with Gasteiger partial charge in [0.2, 0.25) is 0 Å². The Morgan fingerprint density at radius 1 is 1.27 bits per heavy atom. The van der Waals surface area contributed by atoms with Crippen molar-refractivity contribution >= 4 is 6.08 Å². The van der Waals surface area contributed by atoms with Crippen LogP contribution in [0.4, 0.5) is 0 Å². The van der Waals surface area contributed by atoms with Crippen LogP contribution in [0.15, 0.2) is 36.7 Å². The van der Waals surface area contributed by atoms with Gasteiger partial charge in [0.05, 0.1) is 6.54 Å². The molecule has 0 bridgehead atoms. The summed E-state index contributed by atoms with van der Waals surface area (Å²) in [5.41, 5.74) is 2.40. The van der Waals surface area contributed by atoms with Gasteiger partial charge in [-0.1, -0.05) is 36.4 Å². The topological polar surface area (TPSA) is 43.6 Å². The van der Waals surface area contributed by atoms with Gasteiger partial charge in [-0.3, -0.25) is 0 Å². The average molecular weight is 200 g/mol. The summed E-state index contributed by atoms with van der Waals surface area (Å²) in [6.07, 6.45) is 5.71. The fourth-order valence-corrected chi connectivity index (χ4v) is 1.37. The molecule has 2 rings (SSSR count). The van der Waals surface area contributed by atoms with Gasteiger partial charge in [0, 0.05) is 0 Å². The van der Waals surface area contributed by atoms with E-state index in [9.17, 15) is 0 Å². The maximum Gasteiger partial charge on any atom is 0.138 e. The third-order valence-electron chi connectivity index (χ3n) is 2.07. The van der Waals surface area contributed by atoms with Crippen LogP contribution in [-0.4, -0.2) is 20.2 Å². The summed E-state index contributed by atoms with van der Waals surface area (Å²) in [7, 11) is 0. The highest BCUT2D eigenvalue weighted by Gasteiger charge is 1.95. The Morgan fingerprint density at radius 3 is 2.67 bits per heavy atom. The fourth-order valence-electron chi connectivity index (χ4n) is 1.37. The van der Waals surface area contributed by atoms with E-state index in [1.165, 1.54) is 11.1 Å². The van der Waals surface area contributed by atoms with E-state index in [1.807, 2.05) is 13.0 Å². The number of nitrogens with zero attached hydrogens (tertiary/aromatic N) is 4. The van der Waals surface area contributed by atoms with Crippen LogP contribution in [0.5, 0.6) is 0 Å². The SMILES string of the molecule is C/C=C/c1ccc(Cn2cnnn2)cc1. The molecule has 0 fully saturated rings. The number of hydrogen-bond donors (Lipinski definition) is 0. The molecule has 0 saturated heterocycles.